The molecule has 0 radical (unpaired) electrons. The molecule has 21 heavy (non-hydrogen) atoms. The van der Waals surface area contributed by atoms with Crippen LogP contribution in [0.4, 0.5) is 5.69 Å². The van der Waals surface area contributed by atoms with Crippen LogP contribution in [-0.4, -0.2) is 34.2 Å². The molecule has 1 amide bonds. The highest BCUT2D eigenvalue weighted by Gasteiger charge is 2.28. The number of carbonyl (C=O) groups is 1. The molecular formula is C14H17N5O2. The number of amides is 1. The van der Waals surface area contributed by atoms with E-state index in [1.807, 2.05) is 12.1 Å². The van der Waals surface area contributed by atoms with Crippen molar-refractivity contribution in [1.29, 1.82) is 0 Å². The first-order chi connectivity index (χ1) is 10.2. The Balaban J connectivity index is 1.43. The molecule has 1 saturated carbocycles. The lowest BCUT2D eigenvalue weighted by Gasteiger charge is -2.07. The van der Waals surface area contributed by atoms with Crippen molar-refractivity contribution in [1.82, 2.24) is 20.5 Å². The summed E-state index contributed by atoms with van der Waals surface area (Å²) in [6, 6.07) is 7.15. The van der Waals surface area contributed by atoms with E-state index in [1.165, 1.54) is 0 Å². The fourth-order valence-electron chi connectivity index (χ4n) is 1.93. The molecule has 1 aromatic heterocycles. The lowest BCUT2D eigenvalue weighted by atomic mass is 10.3. The van der Waals surface area contributed by atoms with Crippen molar-refractivity contribution < 1.29 is 9.53 Å². The van der Waals surface area contributed by atoms with Gasteiger partial charge in [0.05, 0.1) is 6.54 Å². The van der Waals surface area contributed by atoms with Crippen molar-refractivity contribution in [2.45, 2.75) is 18.8 Å². The van der Waals surface area contributed by atoms with E-state index in [0.29, 0.717) is 30.5 Å². The second-order valence-electron chi connectivity index (χ2n) is 5.00. The second kappa shape index (κ2) is 5.82. The third-order valence-corrected chi connectivity index (χ3v) is 3.18. The first-order valence-corrected chi connectivity index (χ1v) is 6.91. The van der Waals surface area contributed by atoms with E-state index in [1.54, 1.807) is 12.1 Å². The van der Waals surface area contributed by atoms with Crippen molar-refractivity contribution in [2.24, 2.45) is 0 Å². The number of H-pyrrole nitrogens is 1. The molecule has 0 saturated heterocycles. The Morgan fingerprint density at radius 1 is 1.48 bits per heavy atom. The zero-order chi connectivity index (χ0) is 14.7. The number of nitrogens with zero attached hydrogens (tertiary/aromatic N) is 2. The van der Waals surface area contributed by atoms with Crippen LogP contribution < -0.4 is 15.8 Å². The Hall–Kier alpha value is -2.57. The van der Waals surface area contributed by atoms with E-state index >= 15 is 0 Å². The maximum atomic E-state index is 11.8. The lowest BCUT2D eigenvalue weighted by Crippen LogP contribution is -2.29. The maximum absolute atomic E-state index is 11.8. The Morgan fingerprint density at radius 2 is 2.33 bits per heavy atom. The van der Waals surface area contributed by atoms with Crippen LogP contribution in [0.2, 0.25) is 0 Å². The summed E-state index contributed by atoms with van der Waals surface area (Å²) < 4.78 is 5.48. The van der Waals surface area contributed by atoms with Crippen LogP contribution in [0.3, 0.4) is 0 Å². The van der Waals surface area contributed by atoms with Gasteiger partial charge >= 0.3 is 0 Å². The highest BCUT2D eigenvalue weighted by molar-refractivity contribution is 5.90. The van der Waals surface area contributed by atoms with Crippen molar-refractivity contribution >= 4 is 11.6 Å². The molecule has 0 atom stereocenters. The van der Waals surface area contributed by atoms with E-state index in [4.69, 9.17) is 10.5 Å². The molecule has 110 valence electrons. The van der Waals surface area contributed by atoms with Gasteiger partial charge in [0.2, 0.25) is 5.82 Å². The molecular weight excluding hydrogens is 270 g/mol. The van der Waals surface area contributed by atoms with Gasteiger partial charge in [0.1, 0.15) is 18.2 Å². The molecule has 0 unspecified atom stereocenters. The first-order valence-electron chi connectivity index (χ1n) is 6.91. The zero-order valence-electron chi connectivity index (χ0n) is 11.5. The van der Waals surface area contributed by atoms with Crippen LogP contribution in [0.5, 0.6) is 5.75 Å². The van der Waals surface area contributed by atoms with Gasteiger partial charge in [0.15, 0.2) is 0 Å². The van der Waals surface area contributed by atoms with Gasteiger partial charge in [-0.25, -0.2) is 4.98 Å². The SMILES string of the molecule is Nc1cccc(OCCNC(=O)c2n[nH]c(C3CC3)n2)c1. The minimum atomic E-state index is -0.297. The summed E-state index contributed by atoms with van der Waals surface area (Å²) in [7, 11) is 0. The van der Waals surface area contributed by atoms with Gasteiger partial charge in [-0.05, 0) is 25.0 Å². The van der Waals surface area contributed by atoms with E-state index in [0.717, 1.165) is 18.7 Å². The molecule has 0 spiro atoms. The van der Waals surface area contributed by atoms with Crippen molar-refractivity contribution in [3.8, 4) is 5.75 Å². The minimum absolute atomic E-state index is 0.181. The number of hydrogen-bond acceptors (Lipinski definition) is 5. The van der Waals surface area contributed by atoms with Crippen LogP contribution in [0.25, 0.3) is 0 Å². The fraction of sp³-hybridized carbons (Fsp3) is 0.357. The van der Waals surface area contributed by atoms with Gasteiger partial charge in [0.25, 0.3) is 5.91 Å². The summed E-state index contributed by atoms with van der Waals surface area (Å²) in [4.78, 5) is 16.0. The molecule has 0 bridgehead atoms. The molecule has 4 N–H and O–H groups in total. The predicted octanol–water partition coefficient (Wildman–Crippen LogP) is 1.07. The number of nitrogen functional groups attached to an aromatic ring is 1. The van der Waals surface area contributed by atoms with Crippen LogP contribution in [-0.2, 0) is 0 Å². The molecule has 7 nitrogen and oxygen atoms in total. The largest absolute Gasteiger partial charge is 0.492 e. The highest BCUT2D eigenvalue weighted by atomic mass is 16.5. The molecule has 1 aliphatic carbocycles. The number of ether oxygens (including phenoxy) is 1. The second-order valence-corrected chi connectivity index (χ2v) is 5.00. The molecule has 1 fully saturated rings. The zero-order valence-corrected chi connectivity index (χ0v) is 11.5. The standard InChI is InChI=1S/C14H17N5O2/c15-10-2-1-3-11(8-10)21-7-6-16-14(20)13-17-12(18-19-13)9-4-5-9/h1-3,8-9H,4-7,15H2,(H,16,20)(H,17,18,19). The Morgan fingerprint density at radius 3 is 3.10 bits per heavy atom. The highest BCUT2D eigenvalue weighted by Crippen LogP contribution is 2.37. The third-order valence-electron chi connectivity index (χ3n) is 3.18. The number of aromatic amines is 1. The van der Waals surface area contributed by atoms with E-state index in [2.05, 4.69) is 20.5 Å². The summed E-state index contributed by atoms with van der Waals surface area (Å²) in [5.74, 6) is 1.82. The summed E-state index contributed by atoms with van der Waals surface area (Å²) in [5, 5.41) is 9.44. The number of benzene rings is 1. The van der Waals surface area contributed by atoms with Crippen molar-refractivity contribution in [3.63, 3.8) is 0 Å². The minimum Gasteiger partial charge on any atom is -0.492 e. The Kier molecular flexibility index (Phi) is 3.72. The summed E-state index contributed by atoms with van der Waals surface area (Å²) >= 11 is 0. The molecule has 7 heteroatoms. The lowest BCUT2D eigenvalue weighted by molar-refractivity contribution is 0.0937. The van der Waals surface area contributed by atoms with Crippen LogP contribution in [0, 0.1) is 0 Å². The third kappa shape index (κ3) is 3.50. The fourth-order valence-corrected chi connectivity index (χ4v) is 1.93. The average Bonchev–Trinajstić information content (AvgIpc) is 3.21. The number of nitrogens with two attached hydrogens (primary N) is 1. The number of anilines is 1. The van der Waals surface area contributed by atoms with Crippen molar-refractivity contribution in [3.05, 3.63) is 35.9 Å². The Bertz CT molecular complexity index is 636. The van der Waals surface area contributed by atoms with Crippen LogP contribution in [0.15, 0.2) is 24.3 Å². The normalized spacial score (nSPS) is 13.9. The molecule has 2 aromatic rings. The first kappa shape index (κ1) is 13.4. The number of rotatable bonds is 6. The quantitative estimate of drug-likeness (QED) is 0.544. The van der Waals surface area contributed by atoms with Gasteiger partial charge in [-0.15, -0.1) is 5.10 Å². The molecule has 3 rings (SSSR count). The number of nitrogens with one attached hydrogen (secondary N) is 2. The predicted molar refractivity (Wildman–Crippen MR) is 77.0 cm³/mol. The number of aromatic nitrogens is 3. The van der Waals surface area contributed by atoms with Crippen LogP contribution in [0.1, 0.15) is 35.2 Å². The monoisotopic (exact) mass is 287 g/mol. The summed E-state index contributed by atoms with van der Waals surface area (Å²) in [6.45, 7) is 0.732. The maximum Gasteiger partial charge on any atom is 0.291 e. The van der Waals surface area contributed by atoms with E-state index < -0.39 is 0 Å². The molecule has 1 aromatic carbocycles. The summed E-state index contributed by atoms with van der Waals surface area (Å²) in [5.41, 5.74) is 6.29. The number of hydrogen-bond donors (Lipinski definition) is 3. The Labute approximate surface area is 121 Å². The smallest absolute Gasteiger partial charge is 0.291 e. The van der Waals surface area contributed by atoms with Crippen LogP contribution >= 0.6 is 0 Å². The van der Waals surface area contributed by atoms with Gasteiger partial charge in [-0.1, -0.05) is 6.07 Å². The van der Waals surface area contributed by atoms with Gasteiger partial charge in [0, 0.05) is 17.7 Å². The van der Waals surface area contributed by atoms with Gasteiger partial charge < -0.3 is 15.8 Å². The molecule has 1 aliphatic rings. The average molecular weight is 287 g/mol. The van der Waals surface area contributed by atoms with E-state index in [9.17, 15) is 4.79 Å². The van der Waals surface area contributed by atoms with Gasteiger partial charge in [-0.3, -0.25) is 9.89 Å². The van der Waals surface area contributed by atoms with E-state index in [-0.39, 0.29) is 11.7 Å². The summed E-state index contributed by atoms with van der Waals surface area (Å²) in [6.07, 6.45) is 2.23. The van der Waals surface area contributed by atoms with Gasteiger partial charge in [-0.2, -0.15) is 0 Å². The molecule has 1 heterocycles. The molecule has 0 aliphatic heterocycles. The van der Waals surface area contributed by atoms with Crippen molar-refractivity contribution in [2.75, 3.05) is 18.9 Å². The number of carbonyl (C=O) groups excluding carboxylic acids is 1. The topological polar surface area (TPSA) is 106 Å².